The Morgan fingerprint density at radius 3 is 2.95 bits per heavy atom. The molecule has 3 aromatic rings. The average Bonchev–Trinajstić information content (AvgIpc) is 2.95. The van der Waals surface area contributed by atoms with Crippen LogP contribution in [0, 0.1) is 5.82 Å². The molecule has 0 fully saturated rings. The summed E-state index contributed by atoms with van der Waals surface area (Å²) < 4.78 is 14.8. The average molecular weight is 288 g/mol. The van der Waals surface area contributed by atoms with Gasteiger partial charge in [-0.3, -0.25) is 0 Å². The number of aromatic nitrogens is 2. The molecule has 0 aliphatic carbocycles. The molecule has 0 unspecified atom stereocenters. The number of fused-ring (bicyclic) bond motifs is 1. The van der Waals surface area contributed by atoms with Crippen molar-refractivity contribution in [1.82, 2.24) is 9.97 Å². The van der Waals surface area contributed by atoms with E-state index >= 15 is 0 Å². The molecule has 0 saturated heterocycles. The van der Waals surface area contributed by atoms with E-state index in [2.05, 4.69) is 15.3 Å². The molecule has 4 nitrogen and oxygen atoms in total. The number of rotatable bonds is 4. The highest BCUT2D eigenvalue weighted by Crippen LogP contribution is 2.25. The summed E-state index contributed by atoms with van der Waals surface area (Å²) in [7, 11) is 0. The third-order valence-corrected chi connectivity index (χ3v) is 3.95. The Hall–Kier alpha value is -2.05. The summed E-state index contributed by atoms with van der Waals surface area (Å²) in [6.45, 7) is 0.715. The summed E-state index contributed by atoms with van der Waals surface area (Å²) in [4.78, 5) is 8.37. The topological polar surface area (TPSA) is 63.8 Å². The molecule has 6 heteroatoms. The number of benzene rings is 1. The molecule has 0 radical (unpaired) electrons. The summed E-state index contributed by atoms with van der Waals surface area (Å²) in [5.74, 6) is 0.476. The predicted molar refractivity (Wildman–Crippen MR) is 79.0 cm³/mol. The molecule has 3 N–H and O–H groups in total. The van der Waals surface area contributed by atoms with Crippen LogP contribution in [0.15, 0.2) is 36.0 Å². The van der Waals surface area contributed by atoms with Gasteiger partial charge in [-0.15, -0.1) is 11.3 Å². The SMILES string of the molecule is NCc1ccc(CNc2ncnc3ccsc23)c(F)c1. The molecule has 0 aliphatic heterocycles. The zero-order chi connectivity index (χ0) is 13.9. The monoisotopic (exact) mass is 288 g/mol. The molecule has 2 heterocycles. The maximum atomic E-state index is 13.9. The number of hydrogen-bond acceptors (Lipinski definition) is 5. The number of anilines is 1. The van der Waals surface area contributed by atoms with Crippen LogP contribution in [0.4, 0.5) is 10.2 Å². The van der Waals surface area contributed by atoms with Gasteiger partial charge < -0.3 is 11.1 Å². The molecule has 0 saturated carbocycles. The molecular formula is C14H13FN4S. The molecule has 2 aromatic heterocycles. The number of nitrogens with one attached hydrogen (secondary N) is 1. The first-order valence-corrected chi connectivity index (χ1v) is 7.05. The molecule has 102 valence electrons. The molecule has 0 aliphatic rings. The van der Waals surface area contributed by atoms with Gasteiger partial charge in [0.05, 0.1) is 10.2 Å². The molecule has 0 spiro atoms. The van der Waals surface area contributed by atoms with Gasteiger partial charge in [-0.25, -0.2) is 14.4 Å². The molecule has 20 heavy (non-hydrogen) atoms. The largest absolute Gasteiger partial charge is 0.365 e. The van der Waals surface area contributed by atoms with E-state index in [0.717, 1.165) is 21.6 Å². The second-order valence-corrected chi connectivity index (χ2v) is 5.26. The Kier molecular flexibility index (Phi) is 3.58. The van der Waals surface area contributed by atoms with Gasteiger partial charge >= 0.3 is 0 Å². The van der Waals surface area contributed by atoms with Crippen LogP contribution in [0.5, 0.6) is 0 Å². The van der Waals surface area contributed by atoms with Crippen molar-refractivity contribution < 1.29 is 4.39 Å². The maximum Gasteiger partial charge on any atom is 0.147 e. The van der Waals surface area contributed by atoms with Crippen LogP contribution < -0.4 is 11.1 Å². The van der Waals surface area contributed by atoms with E-state index in [1.165, 1.54) is 12.4 Å². The minimum absolute atomic E-state index is 0.253. The Balaban J connectivity index is 1.81. The summed E-state index contributed by atoms with van der Waals surface area (Å²) in [5, 5.41) is 5.12. The lowest BCUT2D eigenvalue weighted by Gasteiger charge is -2.08. The molecule has 3 rings (SSSR count). The lowest BCUT2D eigenvalue weighted by Crippen LogP contribution is -2.05. The third kappa shape index (κ3) is 2.48. The van der Waals surface area contributed by atoms with E-state index in [0.29, 0.717) is 18.7 Å². The number of nitrogens with zero attached hydrogens (tertiary/aromatic N) is 2. The van der Waals surface area contributed by atoms with E-state index < -0.39 is 0 Å². The lowest BCUT2D eigenvalue weighted by molar-refractivity contribution is 0.610. The first-order chi connectivity index (χ1) is 9.78. The zero-order valence-electron chi connectivity index (χ0n) is 10.6. The molecule has 0 atom stereocenters. The van der Waals surface area contributed by atoms with Gasteiger partial charge in [0.25, 0.3) is 0 Å². The van der Waals surface area contributed by atoms with E-state index in [1.54, 1.807) is 17.4 Å². The predicted octanol–water partition coefficient (Wildman–Crippen LogP) is 2.90. The Bertz CT molecular complexity index is 741. The lowest BCUT2D eigenvalue weighted by atomic mass is 10.1. The van der Waals surface area contributed by atoms with Crippen LogP contribution in [-0.4, -0.2) is 9.97 Å². The van der Waals surface area contributed by atoms with Crippen molar-refractivity contribution in [3.63, 3.8) is 0 Å². The molecule has 0 bridgehead atoms. The summed E-state index contributed by atoms with van der Waals surface area (Å²) in [5.41, 5.74) is 7.76. The normalized spacial score (nSPS) is 10.9. The van der Waals surface area contributed by atoms with Gasteiger partial charge in [0.2, 0.25) is 0 Å². The second-order valence-electron chi connectivity index (χ2n) is 4.34. The minimum atomic E-state index is -0.253. The van der Waals surface area contributed by atoms with E-state index in [-0.39, 0.29) is 5.82 Å². The van der Waals surface area contributed by atoms with Gasteiger partial charge in [-0.1, -0.05) is 12.1 Å². The summed E-state index contributed by atoms with van der Waals surface area (Å²) >= 11 is 1.56. The highest BCUT2D eigenvalue weighted by Gasteiger charge is 2.07. The van der Waals surface area contributed by atoms with Crippen molar-refractivity contribution in [3.05, 3.63) is 52.9 Å². The standard InChI is InChI=1S/C14H13FN4S/c15-11-5-9(6-16)1-2-10(11)7-17-14-13-12(3-4-20-13)18-8-19-14/h1-5,8H,6-7,16H2,(H,17,18,19). The number of thiophene rings is 1. The molecule has 0 amide bonds. The first-order valence-electron chi connectivity index (χ1n) is 6.17. The van der Waals surface area contributed by atoms with Crippen molar-refractivity contribution in [3.8, 4) is 0 Å². The van der Waals surface area contributed by atoms with Crippen LogP contribution >= 0.6 is 11.3 Å². The van der Waals surface area contributed by atoms with Gasteiger partial charge in [0.15, 0.2) is 0 Å². The van der Waals surface area contributed by atoms with Crippen molar-refractivity contribution in [1.29, 1.82) is 0 Å². The maximum absolute atomic E-state index is 13.9. The van der Waals surface area contributed by atoms with Crippen LogP contribution in [-0.2, 0) is 13.1 Å². The highest BCUT2D eigenvalue weighted by molar-refractivity contribution is 7.17. The number of hydrogen-bond donors (Lipinski definition) is 2. The van der Waals surface area contributed by atoms with Gasteiger partial charge in [-0.2, -0.15) is 0 Å². The number of nitrogens with two attached hydrogens (primary N) is 1. The fourth-order valence-electron chi connectivity index (χ4n) is 1.95. The van der Waals surface area contributed by atoms with Gasteiger partial charge in [-0.05, 0) is 23.1 Å². The van der Waals surface area contributed by atoms with Crippen LogP contribution in [0.3, 0.4) is 0 Å². The fourth-order valence-corrected chi connectivity index (χ4v) is 2.77. The van der Waals surface area contributed by atoms with E-state index in [1.807, 2.05) is 17.5 Å². The smallest absolute Gasteiger partial charge is 0.147 e. The van der Waals surface area contributed by atoms with Crippen molar-refractivity contribution in [2.45, 2.75) is 13.1 Å². The third-order valence-electron chi connectivity index (χ3n) is 3.04. The Labute approximate surface area is 119 Å². The van der Waals surface area contributed by atoms with Crippen molar-refractivity contribution in [2.75, 3.05) is 5.32 Å². The second kappa shape index (κ2) is 5.52. The summed E-state index contributed by atoms with van der Waals surface area (Å²) in [6, 6.07) is 6.99. The Morgan fingerprint density at radius 1 is 1.25 bits per heavy atom. The highest BCUT2D eigenvalue weighted by atomic mass is 32.1. The molecule has 1 aromatic carbocycles. The van der Waals surface area contributed by atoms with Gasteiger partial charge in [0, 0.05) is 18.7 Å². The van der Waals surface area contributed by atoms with Crippen LogP contribution in [0.1, 0.15) is 11.1 Å². The number of halogens is 1. The quantitative estimate of drug-likeness (QED) is 0.775. The Morgan fingerprint density at radius 2 is 2.15 bits per heavy atom. The first kappa shape index (κ1) is 13.0. The van der Waals surface area contributed by atoms with Gasteiger partial charge in [0.1, 0.15) is 18.0 Å². The van der Waals surface area contributed by atoms with Crippen molar-refractivity contribution >= 4 is 27.4 Å². The molecular weight excluding hydrogens is 275 g/mol. The minimum Gasteiger partial charge on any atom is -0.365 e. The summed E-state index contributed by atoms with van der Waals surface area (Å²) in [6.07, 6.45) is 1.51. The zero-order valence-corrected chi connectivity index (χ0v) is 11.5. The van der Waals surface area contributed by atoms with E-state index in [4.69, 9.17) is 5.73 Å². The van der Waals surface area contributed by atoms with Crippen LogP contribution in [0.2, 0.25) is 0 Å². The fraction of sp³-hybridized carbons (Fsp3) is 0.143. The van der Waals surface area contributed by atoms with Crippen LogP contribution in [0.25, 0.3) is 10.2 Å². The van der Waals surface area contributed by atoms with Crippen molar-refractivity contribution in [2.24, 2.45) is 5.73 Å². The van der Waals surface area contributed by atoms with E-state index in [9.17, 15) is 4.39 Å².